The number of nitrogens with zero attached hydrogens (tertiary/aromatic N) is 1. The van der Waals surface area contributed by atoms with Gasteiger partial charge in [-0.3, -0.25) is 14.9 Å². The number of carbonyl (C=O) groups is 1. The van der Waals surface area contributed by atoms with Crippen LogP contribution in [0.25, 0.3) is 0 Å². The monoisotopic (exact) mass is 250 g/mol. The van der Waals surface area contributed by atoms with Crippen LogP contribution < -0.4 is 5.32 Å². The van der Waals surface area contributed by atoms with Gasteiger partial charge in [-0.05, 0) is 18.6 Å². The fourth-order valence-corrected chi connectivity index (χ4v) is 1.30. The first-order valence-electron chi connectivity index (χ1n) is 5.20. The summed E-state index contributed by atoms with van der Waals surface area (Å²) < 4.78 is 13.1. The second-order valence-electron chi connectivity index (χ2n) is 3.52. The number of benzene rings is 1. The van der Waals surface area contributed by atoms with Crippen LogP contribution in [-0.2, 0) is 0 Å². The molecule has 1 aromatic rings. The number of rotatable bonds is 4. The highest BCUT2D eigenvalue weighted by Gasteiger charge is 2.18. The molecule has 0 bridgehead atoms. The summed E-state index contributed by atoms with van der Waals surface area (Å²) >= 11 is 0. The number of nitro groups is 1. The smallest absolute Gasteiger partial charge is 0.305 e. The van der Waals surface area contributed by atoms with E-state index in [-0.39, 0.29) is 5.56 Å². The SMILES string of the molecule is C#CC(CC)NC(=O)c1ccc(F)c([N+](=O)[O-])c1. The van der Waals surface area contributed by atoms with Crippen LogP contribution in [0.1, 0.15) is 23.7 Å². The van der Waals surface area contributed by atoms with Gasteiger partial charge < -0.3 is 5.32 Å². The number of hydrogen-bond acceptors (Lipinski definition) is 3. The molecule has 1 rings (SSSR count). The van der Waals surface area contributed by atoms with Crippen molar-refractivity contribution < 1.29 is 14.1 Å². The molecule has 1 N–H and O–H groups in total. The average Bonchev–Trinajstić information content (AvgIpc) is 2.35. The molecule has 6 heteroatoms. The van der Waals surface area contributed by atoms with Crippen LogP contribution >= 0.6 is 0 Å². The molecule has 0 saturated carbocycles. The van der Waals surface area contributed by atoms with Gasteiger partial charge in [0.25, 0.3) is 5.91 Å². The first kappa shape index (κ1) is 13.6. The maximum Gasteiger partial charge on any atom is 0.305 e. The summed E-state index contributed by atoms with van der Waals surface area (Å²) in [5.74, 6) is 0.809. The third-order valence-corrected chi connectivity index (χ3v) is 2.32. The predicted molar refractivity (Wildman–Crippen MR) is 63.4 cm³/mol. The molecule has 0 fully saturated rings. The molecule has 0 spiro atoms. The molecule has 18 heavy (non-hydrogen) atoms. The second-order valence-corrected chi connectivity index (χ2v) is 3.52. The zero-order valence-corrected chi connectivity index (χ0v) is 9.64. The summed E-state index contributed by atoms with van der Waals surface area (Å²) in [7, 11) is 0. The number of nitrogens with one attached hydrogen (secondary N) is 1. The van der Waals surface area contributed by atoms with E-state index in [0.717, 1.165) is 12.1 Å². The quantitative estimate of drug-likeness (QED) is 0.503. The summed E-state index contributed by atoms with van der Waals surface area (Å²) in [6, 6.07) is 2.47. The summed E-state index contributed by atoms with van der Waals surface area (Å²) in [5, 5.41) is 13.0. The molecule has 1 aromatic carbocycles. The van der Waals surface area contributed by atoms with Crippen molar-refractivity contribution >= 4 is 11.6 Å². The highest BCUT2D eigenvalue weighted by Crippen LogP contribution is 2.18. The summed E-state index contributed by atoms with van der Waals surface area (Å²) in [4.78, 5) is 21.4. The van der Waals surface area contributed by atoms with Gasteiger partial charge in [0.05, 0.1) is 11.0 Å². The molecule has 0 aliphatic rings. The van der Waals surface area contributed by atoms with Crippen molar-refractivity contribution in [1.82, 2.24) is 5.32 Å². The average molecular weight is 250 g/mol. The molecule has 0 saturated heterocycles. The summed E-state index contributed by atoms with van der Waals surface area (Å²) in [6.07, 6.45) is 5.71. The molecule has 0 aliphatic carbocycles. The lowest BCUT2D eigenvalue weighted by molar-refractivity contribution is -0.387. The highest BCUT2D eigenvalue weighted by atomic mass is 19.1. The zero-order chi connectivity index (χ0) is 13.7. The summed E-state index contributed by atoms with van der Waals surface area (Å²) in [6.45, 7) is 1.79. The minimum atomic E-state index is -0.986. The van der Waals surface area contributed by atoms with E-state index in [1.807, 2.05) is 0 Å². The maximum atomic E-state index is 13.1. The molecule has 0 heterocycles. The molecule has 0 radical (unpaired) electrons. The molecule has 0 aromatic heterocycles. The van der Waals surface area contributed by atoms with Crippen LogP contribution in [0, 0.1) is 28.3 Å². The molecule has 1 atom stereocenters. The summed E-state index contributed by atoms with van der Waals surface area (Å²) in [5.41, 5.74) is -0.742. The van der Waals surface area contributed by atoms with Crippen LogP contribution in [0.5, 0.6) is 0 Å². The van der Waals surface area contributed by atoms with Crippen LogP contribution in [0.3, 0.4) is 0 Å². The number of halogens is 1. The van der Waals surface area contributed by atoms with Gasteiger partial charge in [0.2, 0.25) is 5.82 Å². The molecule has 1 unspecified atom stereocenters. The molecule has 1 amide bonds. The maximum absolute atomic E-state index is 13.1. The molecular formula is C12H11FN2O3. The molecular weight excluding hydrogens is 239 g/mol. The Balaban J connectivity index is 2.97. The van der Waals surface area contributed by atoms with Gasteiger partial charge in [0, 0.05) is 11.6 Å². The van der Waals surface area contributed by atoms with Crippen molar-refractivity contribution in [2.24, 2.45) is 0 Å². The third-order valence-electron chi connectivity index (χ3n) is 2.32. The molecule has 0 aliphatic heterocycles. The Bertz CT molecular complexity index is 523. The van der Waals surface area contributed by atoms with Gasteiger partial charge in [-0.1, -0.05) is 12.8 Å². The van der Waals surface area contributed by atoms with Crippen molar-refractivity contribution in [2.75, 3.05) is 0 Å². The second kappa shape index (κ2) is 5.77. The van der Waals surface area contributed by atoms with E-state index >= 15 is 0 Å². The number of amides is 1. The van der Waals surface area contributed by atoms with E-state index < -0.39 is 28.4 Å². The number of hydrogen-bond donors (Lipinski definition) is 1. The van der Waals surface area contributed by atoms with Gasteiger partial charge >= 0.3 is 5.69 Å². The first-order valence-corrected chi connectivity index (χ1v) is 5.20. The molecule has 5 nitrogen and oxygen atoms in total. The Kier molecular flexibility index (Phi) is 4.38. The lowest BCUT2D eigenvalue weighted by Gasteiger charge is -2.10. The highest BCUT2D eigenvalue weighted by molar-refractivity contribution is 5.95. The Hall–Kier alpha value is -2.42. The van der Waals surface area contributed by atoms with Gasteiger partial charge in [0.15, 0.2) is 0 Å². The first-order chi connectivity index (χ1) is 8.49. The topological polar surface area (TPSA) is 72.2 Å². The number of terminal acetylenes is 1. The minimum Gasteiger partial charge on any atom is -0.338 e. The normalized spacial score (nSPS) is 11.4. The predicted octanol–water partition coefficient (Wildman–Crippen LogP) is 1.88. The van der Waals surface area contributed by atoms with Gasteiger partial charge in [-0.15, -0.1) is 6.42 Å². The van der Waals surface area contributed by atoms with Crippen molar-refractivity contribution in [2.45, 2.75) is 19.4 Å². The molecule has 94 valence electrons. The Morgan fingerprint density at radius 2 is 2.33 bits per heavy atom. The fourth-order valence-electron chi connectivity index (χ4n) is 1.30. The van der Waals surface area contributed by atoms with Gasteiger partial charge in [0.1, 0.15) is 0 Å². The minimum absolute atomic E-state index is 0.00296. The lowest BCUT2D eigenvalue weighted by Crippen LogP contribution is -2.33. The third kappa shape index (κ3) is 3.04. The van der Waals surface area contributed by atoms with E-state index in [1.54, 1.807) is 6.92 Å². The van der Waals surface area contributed by atoms with Crippen LogP contribution in [0.4, 0.5) is 10.1 Å². The van der Waals surface area contributed by atoms with Crippen molar-refractivity contribution in [3.05, 3.63) is 39.7 Å². The Morgan fingerprint density at radius 3 is 2.83 bits per heavy atom. The zero-order valence-electron chi connectivity index (χ0n) is 9.64. The largest absolute Gasteiger partial charge is 0.338 e. The number of carbonyl (C=O) groups excluding carboxylic acids is 1. The van der Waals surface area contributed by atoms with Crippen molar-refractivity contribution in [3.63, 3.8) is 0 Å². The lowest BCUT2D eigenvalue weighted by atomic mass is 10.1. The van der Waals surface area contributed by atoms with Crippen LogP contribution in [-0.4, -0.2) is 16.9 Å². The Morgan fingerprint density at radius 1 is 1.67 bits per heavy atom. The van der Waals surface area contributed by atoms with Gasteiger partial charge in [-0.25, -0.2) is 0 Å². The van der Waals surface area contributed by atoms with E-state index in [2.05, 4.69) is 11.2 Å². The van der Waals surface area contributed by atoms with Gasteiger partial charge in [-0.2, -0.15) is 4.39 Å². The number of nitro benzene ring substituents is 1. The van der Waals surface area contributed by atoms with Crippen LogP contribution in [0.2, 0.25) is 0 Å². The van der Waals surface area contributed by atoms with E-state index in [0.29, 0.717) is 6.42 Å². The van der Waals surface area contributed by atoms with Crippen LogP contribution in [0.15, 0.2) is 18.2 Å². The fraction of sp³-hybridized carbons (Fsp3) is 0.250. The Labute approximate surface area is 103 Å². The van der Waals surface area contributed by atoms with Crippen molar-refractivity contribution in [1.29, 1.82) is 0 Å². The standard InChI is InChI=1S/C12H11FN2O3/c1-3-9(4-2)14-12(16)8-5-6-10(13)11(7-8)15(17)18/h1,5-7,9H,4H2,2H3,(H,14,16). The van der Waals surface area contributed by atoms with E-state index in [1.165, 1.54) is 6.07 Å². The van der Waals surface area contributed by atoms with E-state index in [4.69, 9.17) is 6.42 Å². The van der Waals surface area contributed by atoms with Crippen molar-refractivity contribution in [3.8, 4) is 12.3 Å². The van der Waals surface area contributed by atoms with E-state index in [9.17, 15) is 19.3 Å².